The highest BCUT2D eigenvalue weighted by molar-refractivity contribution is 5.97. The van der Waals surface area contributed by atoms with E-state index in [0.29, 0.717) is 0 Å². The van der Waals surface area contributed by atoms with Crippen LogP contribution < -0.4 is 5.32 Å². The van der Waals surface area contributed by atoms with Crippen molar-refractivity contribution in [2.45, 2.75) is 5.92 Å². The van der Waals surface area contributed by atoms with Crippen molar-refractivity contribution in [2.24, 2.45) is 10.8 Å². The van der Waals surface area contributed by atoms with Gasteiger partial charge in [0, 0.05) is 12.5 Å². The van der Waals surface area contributed by atoms with Crippen molar-refractivity contribution in [1.82, 2.24) is 5.32 Å². The molecular weight excluding hydrogens is 214 g/mol. The van der Waals surface area contributed by atoms with Crippen molar-refractivity contribution < 1.29 is 4.79 Å². The fraction of sp³-hybridized carbons (Fsp3) is 0.308. The number of piperidine rings is 1. The number of carbonyl (C=O) groups is 1. The minimum absolute atomic E-state index is 0.273. The molecule has 82 valence electrons. The Morgan fingerprint density at radius 1 is 1.24 bits per heavy atom. The quantitative estimate of drug-likeness (QED) is 0.769. The Balaban J connectivity index is 2.15. The van der Waals surface area contributed by atoms with Crippen molar-refractivity contribution in [1.29, 1.82) is 10.5 Å². The lowest BCUT2D eigenvalue weighted by molar-refractivity contribution is -0.123. The Labute approximate surface area is 98.5 Å². The van der Waals surface area contributed by atoms with Crippen LogP contribution in [-0.2, 0) is 4.79 Å². The van der Waals surface area contributed by atoms with Crippen molar-refractivity contribution in [3.63, 3.8) is 0 Å². The van der Waals surface area contributed by atoms with Gasteiger partial charge >= 0.3 is 0 Å². The smallest absolute Gasteiger partial charge is 0.243 e. The lowest BCUT2D eigenvalue weighted by Gasteiger charge is -2.07. The number of hydrogen-bond donors (Lipinski definition) is 1. The van der Waals surface area contributed by atoms with Crippen LogP contribution in [0.25, 0.3) is 0 Å². The van der Waals surface area contributed by atoms with E-state index >= 15 is 0 Å². The number of rotatable bonds is 1. The molecule has 4 nitrogen and oxygen atoms in total. The summed E-state index contributed by atoms with van der Waals surface area (Å²) in [5.41, 5.74) is -1.16. The maximum Gasteiger partial charge on any atom is 0.243 e. The molecule has 2 aliphatic rings. The zero-order valence-corrected chi connectivity index (χ0v) is 8.97. The van der Waals surface area contributed by atoms with Gasteiger partial charge in [0.05, 0.1) is 12.1 Å². The van der Waals surface area contributed by atoms with Crippen LogP contribution in [0.3, 0.4) is 0 Å². The minimum atomic E-state index is -1.18. The summed E-state index contributed by atoms with van der Waals surface area (Å²) in [6.07, 6.45) is 0. The molecule has 1 aromatic carbocycles. The predicted molar refractivity (Wildman–Crippen MR) is 58.3 cm³/mol. The van der Waals surface area contributed by atoms with E-state index in [1.54, 1.807) is 0 Å². The summed E-state index contributed by atoms with van der Waals surface area (Å²) in [7, 11) is 0. The average Bonchev–Trinajstić information content (AvgIpc) is 2.90. The van der Waals surface area contributed by atoms with E-state index in [1.807, 2.05) is 30.3 Å². The number of carbonyl (C=O) groups excluding carboxylic acids is 1. The first-order valence-electron chi connectivity index (χ1n) is 5.39. The molecule has 0 radical (unpaired) electrons. The van der Waals surface area contributed by atoms with Gasteiger partial charge in [-0.25, -0.2) is 0 Å². The maximum absolute atomic E-state index is 11.8. The predicted octanol–water partition coefficient (Wildman–Crippen LogP) is 0.934. The lowest BCUT2D eigenvalue weighted by Crippen LogP contribution is -2.27. The summed E-state index contributed by atoms with van der Waals surface area (Å²) in [6, 6.07) is 13.6. The first kappa shape index (κ1) is 9.86. The van der Waals surface area contributed by atoms with E-state index in [9.17, 15) is 15.3 Å². The third kappa shape index (κ3) is 0.855. The van der Waals surface area contributed by atoms with Crippen LogP contribution in [0.5, 0.6) is 0 Å². The second-order valence-corrected chi connectivity index (χ2v) is 4.53. The second kappa shape index (κ2) is 2.87. The molecule has 3 rings (SSSR count). The van der Waals surface area contributed by atoms with Gasteiger partial charge in [0.25, 0.3) is 0 Å². The van der Waals surface area contributed by atoms with Crippen molar-refractivity contribution in [2.75, 3.05) is 6.54 Å². The van der Waals surface area contributed by atoms with Gasteiger partial charge in [-0.1, -0.05) is 30.3 Å². The molecule has 1 amide bonds. The molecule has 3 unspecified atom stereocenters. The molecule has 2 fully saturated rings. The van der Waals surface area contributed by atoms with Gasteiger partial charge in [0.15, 0.2) is 5.41 Å². The van der Waals surface area contributed by atoms with Crippen LogP contribution in [0, 0.1) is 33.5 Å². The molecule has 1 aliphatic carbocycles. The SMILES string of the molecule is N#CC12CNC(=O)C1(C#N)C2c1ccccc1. The van der Waals surface area contributed by atoms with E-state index in [4.69, 9.17) is 0 Å². The van der Waals surface area contributed by atoms with Gasteiger partial charge in [0.1, 0.15) is 5.41 Å². The van der Waals surface area contributed by atoms with Crippen LogP contribution in [0.15, 0.2) is 30.3 Å². The summed E-state index contributed by atoms with van der Waals surface area (Å²) in [5, 5.41) is 21.2. The van der Waals surface area contributed by atoms with Crippen LogP contribution >= 0.6 is 0 Å². The third-order valence-corrected chi connectivity index (χ3v) is 3.94. The Bertz CT molecular complexity index is 583. The third-order valence-electron chi connectivity index (χ3n) is 3.94. The molecule has 17 heavy (non-hydrogen) atoms. The Morgan fingerprint density at radius 3 is 2.47 bits per heavy atom. The van der Waals surface area contributed by atoms with Gasteiger partial charge in [-0.3, -0.25) is 4.79 Å². The molecule has 1 heterocycles. The number of nitrogens with zero attached hydrogens (tertiary/aromatic N) is 2. The molecule has 1 saturated carbocycles. The van der Waals surface area contributed by atoms with Gasteiger partial charge in [-0.2, -0.15) is 10.5 Å². The monoisotopic (exact) mass is 223 g/mol. The van der Waals surface area contributed by atoms with Crippen molar-refractivity contribution in [3.8, 4) is 12.1 Å². The normalized spacial score (nSPS) is 37.5. The second-order valence-electron chi connectivity index (χ2n) is 4.53. The number of benzene rings is 1. The standard InChI is InChI=1S/C13H9N3O/c14-6-12-8-16-11(17)13(12,7-15)10(12)9-4-2-1-3-5-9/h1-5,10H,8H2,(H,16,17). The van der Waals surface area contributed by atoms with Crippen molar-refractivity contribution in [3.05, 3.63) is 35.9 Å². The fourth-order valence-corrected chi connectivity index (χ4v) is 3.06. The molecule has 1 N–H and O–H groups in total. The zero-order chi connectivity index (χ0) is 12.1. The first-order valence-corrected chi connectivity index (χ1v) is 5.39. The topological polar surface area (TPSA) is 76.7 Å². The number of nitrogens with one attached hydrogen (secondary N) is 1. The van der Waals surface area contributed by atoms with Gasteiger partial charge < -0.3 is 5.32 Å². The van der Waals surface area contributed by atoms with Crippen LogP contribution in [0.1, 0.15) is 11.5 Å². The molecule has 3 atom stereocenters. The van der Waals surface area contributed by atoms with E-state index in [-0.39, 0.29) is 18.4 Å². The van der Waals surface area contributed by atoms with E-state index < -0.39 is 10.8 Å². The fourth-order valence-electron chi connectivity index (χ4n) is 3.06. The highest BCUT2D eigenvalue weighted by Crippen LogP contribution is 2.75. The lowest BCUT2D eigenvalue weighted by atomic mass is 9.99. The summed E-state index contributed by atoms with van der Waals surface area (Å²) < 4.78 is 0. The molecule has 0 aromatic heterocycles. The molecule has 0 bridgehead atoms. The van der Waals surface area contributed by atoms with Crippen LogP contribution in [0.4, 0.5) is 0 Å². The van der Waals surface area contributed by atoms with E-state index in [0.717, 1.165) is 5.56 Å². The maximum atomic E-state index is 11.8. The number of nitriles is 2. The highest BCUT2D eigenvalue weighted by Gasteiger charge is 2.86. The largest absolute Gasteiger partial charge is 0.353 e. The van der Waals surface area contributed by atoms with Crippen LogP contribution in [-0.4, -0.2) is 12.5 Å². The minimum Gasteiger partial charge on any atom is -0.353 e. The molecule has 0 spiro atoms. The number of hydrogen-bond acceptors (Lipinski definition) is 3. The summed E-state index contributed by atoms with van der Waals surface area (Å²) >= 11 is 0. The Hall–Kier alpha value is -2.33. The zero-order valence-electron chi connectivity index (χ0n) is 8.97. The molecule has 1 aliphatic heterocycles. The summed E-state index contributed by atoms with van der Waals surface area (Å²) in [5.74, 6) is -0.602. The first-order chi connectivity index (χ1) is 8.23. The van der Waals surface area contributed by atoms with Gasteiger partial charge in [-0.05, 0) is 5.56 Å². The number of amides is 1. The summed E-state index contributed by atoms with van der Waals surface area (Å²) in [4.78, 5) is 11.8. The highest BCUT2D eigenvalue weighted by atomic mass is 16.2. The van der Waals surface area contributed by atoms with Crippen LogP contribution in [0.2, 0.25) is 0 Å². The molecule has 1 saturated heterocycles. The molecule has 1 aromatic rings. The van der Waals surface area contributed by atoms with Gasteiger partial charge in [-0.15, -0.1) is 0 Å². The van der Waals surface area contributed by atoms with Crippen molar-refractivity contribution >= 4 is 5.91 Å². The summed E-state index contributed by atoms with van der Waals surface area (Å²) in [6.45, 7) is 0.273. The average molecular weight is 223 g/mol. The molecule has 4 heteroatoms. The molecular formula is C13H9N3O. The number of fused-ring (bicyclic) bond motifs is 1. The Kier molecular flexibility index (Phi) is 1.66. The van der Waals surface area contributed by atoms with Gasteiger partial charge in [0.2, 0.25) is 5.91 Å². The van der Waals surface area contributed by atoms with E-state index in [2.05, 4.69) is 17.5 Å². The van der Waals surface area contributed by atoms with E-state index in [1.165, 1.54) is 0 Å². The Morgan fingerprint density at radius 2 is 1.94 bits per heavy atom.